The summed E-state index contributed by atoms with van der Waals surface area (Å²) in [6.07, 6.45) is 2.84. The van der Waals surface area contributed by atoms with Gasteiger partial charge in [0.15, 0.2) is 0 Å². The Morgan fingerprint density at radius 1 is 0.677 bits per heavy atom. The van der Waals surface area contributed by atoms with Crippen LogP contribution in [-0.4, -0.2) is 23.2 Å². The SMILES string of the molecule is CCc1ccc(C(C)=NNC(=O)CCCC(=O)NN=C(C)c2ccc(CC)cc2)cc1. The van der Waals surface area contributed by atoms with Gasteiger partial charge in [-0.1, -0.05) is 62.4 Å². The molecule has 0 saturated heterocycles. The fourth-order valence-corrected chi connectivity index (χ4v) is 2.91. The third kappa shape index (κ3) is 8.16. The van der Waals surface area contributed by atoms with Crippen LogP contribution in [0.5, 0.6) is 0 Å². The summed E-state index contributed by atoms with van der Waals surface area (Å²) in [6.45, 7) is 7.92. The van der Waals surface area contributed by atoms with Gasteiger partial charge in [0.25, 0.3) is 0 Å². The van der Waals surface area contributed by atoms with E-state index in [0.29, 0.717) is 6.42 Å². The third-order valence-corrected chi connectivity index (χ3v) is 5.06. The van der Waals surface area contributed by atoms with Gasteiger partial charge in [-0.15, -0.1) is 0 Å². The summed E-state index contributed by atoms with van der Waals surface area (Å²) in [5.41, 5.74) is 11.0. The Morgan fingerprint density at radius 2 is 1.03 bits per heavy atom. The van der Waals surface area contributed by atoms with Crippen molar-refractivity contribution in [3.8, 4) is 0 Å². The van der Waals surface area contributed by atoms with Gasteiger partial charge in [0.1, 0.15) is 0 Å². The summed E-state index contributed by atoms with van der Waals surface area (Å²) in [5, 5.41) is 8.30. The highest BCUT2D eigenvalue weighted by atomic mass is 16.2. The fraction of sp³-hybridized carbons (Fsp3) is 0.360. The number of amides is 2. The number of aryl methyl sites for hydroxylation is 2. The second kappa shape index (κ2) is 12.4. The van der Waals surface area contributed by atoms with E-state index in [0.717, 1.165) is 35.4 Å². The zero-order valence-corrected chi connectivity index (χ0v) is 18.9. The number of hydrazone groups is 2. The Labute approximate surface area is 184 Å². The van der Waals surface area contributed by atoms with E-state index < -0.39 is 0 Å². The minimum atomic E-state index is -0.215. The normalized spacial score (nSPS) is 11.9. The second-order valence-electron chi connectivity index (χ2n) is 7.42. The molecule has 2 N–H and O–H groups in total. The van der Waals surface area contributed by atoms with Gasteiger partial charge in [-0.25, -0.2) is 10.9 Å². The topological polar surface area (TPSA) is 82.9 Å². The third-order valence-electron chi connectivity index (χ3n) is 5.06. The Morgan fingerprint density at radius 3 is 1.35 bits per heavy atom. The fourth-order valence-electron chi connectivity index (χ4n) is 2.91. The highest BCUT2D eigenvalue weighted by molar-refractivity contribution is 5.99. The first-order valence-electron chi connectivity index (χ1n) is 10.8. The van der Waals surface area contributed by atoms with Crippen molar-refractivity contribution in [3.63, 3.8) is 0 Å². The van der Waals surface area contributed by atoms with Gasteiger partial charge in [0, 0.05) is 12.8 Å². The van der Waals surface area contributed by atoms with Crippen LogP contribution in [0, 0.1) is 0 Å². The maximum Gasteiger partial charge on any atom is 0.240 e. The maximum absolute atomic E-state index is 12.0. The van der Waals surface area contributed by atoms with Gasteiger partial charge in [-0.2, -0.15) is 10.2 Å². The molecule has 2 aromatic rings. The lowest BCUT2D eigenvalue weighted by Gasteiger charge is -2.05. The molecule has 164 valence electrons. The monoisotopic (exact) mass is 420 g/mol. The number of nitrogens with one attached hydrogen (secondary N) is 2. The Balaban J connectivity index is 1.72. The zero-order valence-electron chi connectivity index (χ0n) is 18.9. The molecule has 0 aliphatic carbocycles. The van der Waals surface area contributed by atoms with Gasteiger partial charge in [0.2, 0.25) is 11.8 Å². The number of benzene rings is 2. The van der Waals surface area contributed by atoms with Gasteiger partial charge >= 0.3 is 0 Å². The molecule has 0 aliphatic rings. The molecule has 2 amide bonds. The zero-order chi connectivity index (χ0) is 22.6. The van der Waals surface area contributed by atoms with Crippen molar-refractivity contribution in [2.75, 3.05) is 0 Å². The van der Waals surface area contributed by atoms with E-state index in [-0.39, 0.29) is 24.7 Å². The smallest absolute Gasteiger partial charge is 0.240 e. The molecule has 31 heavy (non-hydrogen) atoms. The summed E-state index contributed by atoms with van der Waals surface area (Å²) >= 11 is 0. The van der Waals surface area contributed by atoms with Gasteiger partial charge in [-0.05, 0) is 55.4 Å². The van der Waals surface area contributed by atoms with Crippen LogP contribution in [0.1, 0.15) is 69.2 Å². The molecule has 0 bridgehead atoms. The molecule has 0 aliphatic heterocycles. The van der Waals surface area contributed by atoms with Crippen LogP contribution in [-0.2, 0) is 22.4 Å². The lowest BCUT2D eigenvalue weighted by molar-refractivity contribution is -0.122. The molecule has 6 nitrogen and oxygen atoms in total. The summed E-state index contributed by atoms with van der Waals surface area (Å²) in [7, 11) is 0. The first kappa shape index (κ1) is 24.0. The predicted molar refractivity (Wildman–Crippen MR) is 126 cm³/mol. The number of carbonyl (C=O) groups excluding carboxylic acids is 2. The highest BCUT2D eigenvalue weighted by Gasteiger charge is 2.06. The quantitative estimate of drug-likeness (QED) is 0.442. The molecular formula is C25H32N4O2. The Bertz CT molecular complexity index is 851. The van der Waals surface area contributed by atoms with Gasteiger partial charge in [-0.3, -0.25) is 9.59 Å². The van der Waals surface area contributed by atoms with Crippen molar-refractivity contribution in [2.24, 2.45) is 10.2 Å². The Hall–Kier alpha value is -3.28. The van der Waals surface area contributed by atoms with E-state index in [4.69, 9.17) is 0 Å². The van der Waals surface area contributed by atoms with Crippen molar-refractivity contribution in [2.45, 2.75) is 59.8 Å². The second-order valence-corrected chi connectivity index (χ2v) is 7.42. The minimum absolute atomic E-state index is 0.215. The summed E-state index contributed by atoms with van der Waals surface area (Å²) in [5.74, 6) is -0.430. The minimum Gasteiger partial charge on any atom is -0.273 e. The molecule has 0 aromatic heterocycles. The number of hydrogen-bond acceptors (Lipinski definition) is 4. The average molecular weight is 421 g/mol. The predicted octanol–water partition coefficient (Wildman–Crippen LogP) is 4.36. The molecule has 0 heterocycles. The van der Waals surface area contributed by atoms with Crippen molar-refractivity contribution < 1.29 is 9.59 Å². The molecule has 2 rings (SSSR count). The van der Waals surface area contributed by atoms with Crippen molar-refractivity contribution >= 4 is 23.2 Å². The number of rotatable bonds is 10. The maximum atomic E-state index is 12.0. The molecule has 0 unspecified atom stereocenters. The summed E-state index contributed by atoms with van der Waals surface area (Å²) < 4.78 is 0. The van der Waals surface area contributed by atoms with Crippen molar-refractivity contribution in [3.05, 3.63) is 70.8 Å². The van der Waals surface area contributed by atoms with Gasteiger partial charge in [0.05, 0.1) is 11.4 Å². The molecular weight excluding hydrogens is 388 g/mol. The van der Waals surface area contributed by atoms with Crippen LogP contribution in [0.15, 0.2) is 58.7 Å². The molecule has 2 aromatic carbocycles. The van der Waals surface area contributed by atoms with E-state index in [1.165, 1.54) is 11.1 Å². The first-order chi connectivity index (χ1) is 14.9. The summed E-state index contributed by atoms with van der Waals surface area (Å²) in [4.78, 5) is 24.0. The molecule has 0 fully saturated rings. The van der Waals surface area contributed by atoms with E-state index in [1.807, 2.05) is 38.1 Å². The van der Waals surface area contributed by atoms with Crippen LogP contribution in [0.3, 0.4) is 0 Å². The largest absolute Gasteiger partial charge is 0.273 e. The van der Waals surface area contributed by atoms with Gasteiger partial charge < -0.3 is 0 Å². The summed E-state index contributed by atoms with van der Waals surface area (Å²) in [6, 6.07) is 16.2. The molecule has 0 saturated carbocycles. The van der Waals surface area contributed by atoms with E-state index >= 15 is 0 Å². The number of hydrogen-bond donors (Lipinski definition) is 2. The lowest BCUT2D eigenvalue weighted by atomic mass is 10.1. The van der Waals surface area contributed by atoms with Crippen LogP contribution in [0.2, 0.25) is 0 Å². The van der Waals surface area contributed by atoms with E-state index in [1.54, 1.807) is 0 Å². The molecule has 0 radical (unpaired) electrons. The first-order valence-corrected chi connectivity index (χ1v) is 10.8. The number of nitrogens with zero attached hydrogens (tertiary/aromatic N) is 2. The van der Waals surface area contributed by atoms with Crippen LogP contribution in [0.25, 0.3) is 0 Å². The van der Waals surface area contributed by atoms with Crippen molar-refractivity contribution in [1.29, 1.82) is 0 Å². The van der Waals surface area contributed by atoms with E-state index in [9.17, 15) is 9.59 Å². The molecule has 6 heteroatoms. The van der Waals surface area contributed by atoms with Crippen LogP contribution < -0.4 is 10.9 Å². The lowest BCUT2D eigenvalue weighted by Crippen LogP contribution is -2.21. The molecule has 0 atom stereocenters. The highest BCUT2D eigenvalue weighted by Crippen LogP contribution is 2.07. The van der Waals surface area contributed by atoms with Crippen LogP contribution in [0.4, 0.5) is 0 Å². The van der Waals surface area contributed by atoms with E-state index in [2.05, 4.69) is 59.2 Å². The average Bonchev–Trinajstić information content (AvgIpc) is 2.81. The van der Waals surface area contributed by atoms with Crippen LogP contribution >= 0.6 is 0 Å². The Kier molecular flexibility index (Phi) is 9.62. The number of carbonyl (C=O) groups is 2. The van der Waals surface area contributed by atoms with Crippen molar-refractivity contribution in [1.82, 2.24) is 10.9 Å². The standard InChI is InChI=1S/C25H32N4O2/c1-5-20-10-14-22(15-11-20)18(3)26-28-24(30)8-7-9-25(31)29-27-19(4)23-16-12-21(6-2)13-17-23/h10-17H,5-9H2,1-4H3,(H,28,30)(H,29,31). The molecule has 0 spiro atoms.